The fraction of sp³-hybridized carbons (Fsp3) is 0.765. The second-order valence-electron chi connectivity index (χ2n) is 7.38. The summed E-state index contributed by atoms with van der Waals surface area (Å²) in [5.74, 6) is 1.53. The van der Waals surface area contributed by atoms with Gasteiger partial charge in [0.05, 0.1) is 5.69 Å². The Morgan fingerprint density at radius 1 is 1.22 bits per heavy atom. The molecule has 2 bridgehead atoms. The van der Waals surface area contributed by atoms with E-state index in [1.165, 1.54) is 5.56 Å². The molecule has 2 amide bonds. The number of carbonyl (C=O) groups is 1. The molecular formula is C17H26N4O2. The normalized spacial score (nSPS) is 27.9. The van der Waals surface area contributed by atoms with Crippen molar-refractivity contribution in [3.05, 3.63) is 17.0 Å². The number of carbonyl (C=O) groups excluding carboxylic acids is 1. The van der Waals surface area contributed by atoms with Gasteiger partial charge in [-0.05, 0) is 39.0 Å². The van der Waals surface area contributed by atoms with E-state index in [1.54, 1.807) is 0 Å². The molecule has 0 radical (unpaired) electrons. The lowest BCUT2D eigenvalue weighted by molar-refractivity contribution is 0.137. The maximum Gasteiger partial charge on any atom is 0.320 e. The van der Waals surface area contributed by atoms with Gasteiger partial charge in [0.25, 0.3) is 0 Å². The van der Waals surface area contributed by atoms with Gasteiger partial charge in [-0.25, -0.2) is 4.79 Å². The molecular weight excluding hydrogens is 292 g/mol. The first-order valence-corrected chi connectivity index (χ1v) is 8.81. The van der Waals surface area contributed by atoms with Crippen LogP contribution in [0.25, 0.3) is 0 Å². The van der Waals surface area contributed by atoms with Gasteiger partial charge in [-0.3, -0.25) is 4.90 Å². The van der Waals surface area contributed by atoms with Gasteiger partial charge in [-0.2, -0.15) is 0 Å². The summed E-state index contributed by atoms with van der Waals surface area (Å²) in [5.41, 5.74) is 2.20. The number of aromatic nitrogens is 1. The molecule has 6 nitrogen and oxygen atoms in total. The molecule has 3 aliphatic heterocycles. The van der Waals surface area contributed by atoms with E-state index >= 15 is 0 Å². The molecule has 1 aromatic rings. The maximum atomic E-state index is 12.7. The van der Waals surface area contributed by atoms with Gasteiger partial charge in [0.2, 0.25) is 0 Å². The Morgan fingerprint density at radius 3 is 2.70 bits per heavy atom. The number of rotatable bonds is 2. The number of likely N-dealkylation sites (tertiary alicyclic amines) is 3. The van der Waals surface area contributed by atoms with Crippen molar-refractivity contribution in [3.63, 3.8) is 0 Å². The van der Waals surface area contributed by atoms with Crippen LogP contribution in [-0.2, 0) is 6.54 Å². The number of aryl methyl sites for hydroxylation is 2. The Labute approximate surface area is 137 Å². The van der Waals surface area contributed by atoms with Crippen LogP contribution in [0.15, 0.2) is 4.52 Å². The van der Waals surface area contributed by atoms with Crippen LogP contribution in [0.3, 0.4) is 0 Å². The molecule has 0 aromatic carbocycles. The van der Waals surface area contributed by atoms with Crippen molar-refractivity contribution in [1.82, 2.24) is 19.9 Å². The number of piperidine rings is 1. The Morgan fingerprint density at radius 2 is 2.00 bits per heavy atom. The second-order valence-corrected chi connectivity index (χ2v) is 7.38. The topological polar surface area (TPSA) is 52.8 Å². The Bertz CT molecular complexity index is 574. The predicted octanol–water partition coefficient (Wildman–Crippen LogP) is 2.01. The zero-order valence-electron chi connectivity index (χ0n) is 14.1. The summed E-state index contributed by atoms with van der Waals surface area (Å²) in [6.07, 6.45) is 3.48. The molecule has 0 aliphatic carbocycles. The van der Waals surface area contributed by atoms with E-state index in [1.807, 2.05) is 18.7 Å². The van der Waals surface area contributed by atoms with Crippen LogP contribution >= 0.6 is 0 Å². The highest BCUT2D eigenvalue weighted by atomic mass is 16.5. The Hall–Kier alpha value is -1.56. The maximum absolute atomic E-state index is 12.7. The van der Waals surface area contributed by atoms with E-state index in [-0.39, 0.29) is 6.03 Å². The van der Waals surface area contributed by atoms with Crippen molar-refractivity contribution in [2.45, 2.75) is 45.7 Å². The standard InChI is InChI=1S/C17H26N4O2/c1-12-16(13(2)23-18-12)11-19-8-14-7-15(10-19)21(9-14)17(22)20-5-3-4-6-20/h14-15H,3-11H2,1-2H3. The summed E-state index contributed by atoms with van der Waals surface area (Å²) in [5, 5.41) is 4.06. The van der Waals surface area contributed by atoms with E-state index < -0.39 is 0 Å². The van der Waals surface area contributed by atoms with Crippen molar-refractivity contribution in [2.75, 3.05) is 32.7 Å². The number of amides is 2. The molecule has 2 atom stereocenters. The van der Waals surface area contributed by atoms with Gasteiger partial charge in [-0.1, -0.05) is 5.16 Å². The lowest BCUT2D eigenvalue weighted by Crippen LogP contribution is -2.47. The first kappa shape index (κ1) is 15.0. The van der Waals surface area contributed by atoms with Crippen molar-refractivity contribution in [1.29, 1.82) is 0 Å². The van der Waals surface area contributed by atoms with E-state index in [0.29, 0.717) is 12.0 Å². The summed E-state index contributed by atoms with van der Waals surface area (Å²) in [6, 6.07) is 0.650. The molecule has 23 heavy (non-hydrogen) atoms. The van der Waals surface area contributed by atoms with Crippen LogP contribution < -0.4 is 0 Å². The molecule has 3 saturated heterocycles. The third-order valence-corrected chi connectivity index (χ3v) is 5.67. The minimum Gasteiger partial charge on any atom is -0.361 e. The minimum atomic E-state index is 0.272. The molecule has 0 spiro atoms. The fourth-order valence-corrected chi connectivity index (χ4v) is 4.46. The molecule has 1 aromatic heterocycles. The van der Waals surface area contributed by atoms with Crippen LogP contribution in [0.4, 0.5) is 4.79 Å². The minimum absolute atomic E-state index is 0.272. The zero-order valence-corrected chi connectivity index (χ0v) is 14.1. The number of urea groups is 1. The van der Waals surface area contributed by atoms with Crippen LogP contribution in [0, 0.1) is 19.8 Å². The average molecular weight is 318 g/mol. The Balaban J connectivity index is 1.43. The lowest BCUT2D eigenvalue weighted by Gasteiger charge is -2.33. The third kappa shape index (κ3) is 2.73. The second kappa shape index (κ2) is 5.82. The van der Waals surface area contributed by atoms with Gasteiger partial charge >= 0.3 is 6.03 Å². The van der Waals surface area contributed by atoms with Crippen LogP contribution in [0.5, 0.6) is 0 Å². The summed E-state index contributed by atoms with van der Waals surface area (Å²) in [6.45, 7) is 9.73. The molecule has 3 fully saturated rings. The fourth-order valence-electron chi connectivity index (χ4n) is 4.46. The monoisotopic (exact) mass is 318 g/mol. The van der Waals surface area contributed by atoms with Gasteiger partial charge < -0.3 is 14.3 Å². The van der Waals surface area contributed by atoms with Crippen LogP contribution in [0.1, 0.15) is 36.3 Å². The van der Waals surface area contributed by atoms with Crippen molar-refractivity contribution >= 4 is 6.03 Å². The average Bonchev–Trinajstić information content (AvgIpc) is 3.23. The predicted molar refractivity (Wildman–Crippen MR) is 86.1 cm³/mol. The number of nitrogens with zero attached hydrogens (tertiary/aromatic N) is 4. The molecule has 0 N–H and O–H groups in total. The summed E-state index contributed by atoms with van der Waals surface area (Å²) in [4.78, 5) is 19.4. The molecule has 4 rings (SSSR count). The van der Waals surface area contributed by atoms with Crippen molar-refractivity contribution < 1.29 is 9.32 Å². The van der Waals surface area contributed by atoms with Crippen LogP contribution in [0.2, 0.25) is 0 Å². The van der Waals surface area contributed by atoms with E-state index in [4.69, 9.17) is 4.52 Å². The van der Waals surface area contributed by atoms with E-state index in [9.17, 15) is 4.79 Å². The largest absolute Gasteiger partial charge is 0.361 e. The van der Waals surface area contributed by atoms with Gasteiger partial charge in [-0.15, -0.1) is 0 Å². The zero-order chi connectivity index (χ0) is 16.0. The van der Waals surface area contributed by atoms with Gasteiger partial charge in [0, 0.05) is 50.9 Å². The molecule has 4 heterocycles. The van der Waals surface area contributed by atoms with Crippen LogP contribution in [-0.4, -0.2) is 64.7 Å². The molecule has 0 saturated carbocycles. The quantitative estimate of drug-likeness (QED) is 0.837. The third-order valence-electron chi connectivity index (χ3n) is 5.67. The molecule has 2 unspecified atom stereocenters. The van der Waals surface area contributed by atoms with Gasteiger partial charge in [0.15, 0.2) is 0 Å². The molecule has 6 heteroatoms. The van der Waals surface area contributed by atoms with E-state index in [2.05, 4.69) is 15.0 Å². The number of hydrogen-bond donors (Lipinski definition) is 0. The van der Waals surface area contributed by atoms with Crippen molar-refractivity contribution in [3.8, 4) is 0 Å². The number of fused-ring (bicyclic) bond motifs is 2. The van der Waals surface area contributed by atoms with Crippen molar-refractivity contribution in [2.24, 2.45) is 5.92 Å². The highest BCUT2D eigenvalue weighted by Crippen LogP contribution is 2.32. The summed E-state index contributed by atoms with van der Waals surface area (Å²) >= 11 is 0. The molecule has 126 valence electrons. The Kier molecular flexibility index (Phi) is 3.79. The number of hydrogen-bond acceptors (Lipinski definition) is 4. The van der Waals surface area contributed by atoms with E-state index in [0.717, 1.165) is 70.0 Å². The first-order valence-electron chi connectivity index (χ1n) is 8.81. The lowest BCUT2D eigenvalue weighted by atomic mass is 9.99. The SMILES string of the molecule is Cc1noc(C)c1CN1CC2CC(C1)N(C(=O)N1CCCC1)C2. The summed E-state index contributed by atoms with van der Waals surface area (Å²) in [7, 11) is 0. The highest BCUT2D eigenvalue weighted by Gasteiger charge is 2.42. The highest BCUT2D eigenvalue weighted by molar-refractivity contribution is 5.75. The van der Waals surface area contributed by atoms with Gasteiger partial charge in [0.1, 0.15) is 5.76 Å². The molecule has 3 aliphatic rings. The smallest absolute Gasteiger partial charge is 0.320 e. The first-order chi connectivity index (χ1) is 11.1. The summed E-state index contributed by atoms with van der Waals surface area (Å²) < 4.78 is 5.29.